The van der Waals surface area contributed by atoms with E-state index in [1.807, 2.05) is 42.1 Å². The summed E-state index contributed by atoms with van der Waals surface area (Å²) in [5, 5.41) is 7.68. The summed E-state index contributed by atoms with van der Waals surface area (Å²) in [7, 11) is 1.98. The largest absolute Gasteiger partial charge is 0.363 e. The molecule has 24 heavy (non-hydrogen) atoms. The van der Waals surface area contributed by atoms with Gasteiger partial charge in [0.25, 0.3) is 0 Å². The summed E-state index contributed by atoms with van der Waals surface area (Å²) in [5.41, 5.74) is 2.12. The third-order valence-electron chi connectivity index (χ3n) is 3.78. The fourth-order valence-electron chi connectivity index (χ4n) is 2.52. The molecule has 3 aromatic rings. The third-order valence-corrected chi connectivity index (χ3v) is 3.78. The van der Waals surface area contributed by atoms with Crippen LogP contribution >= 0.6 is 12.4 Å². The molecule has 1 unspecified atom stereocenters. The highest BCUT2D eigenvalue weighted by Gasteiger charge is 2.13. The molecule has 126 valence electrons. The lowest BCUT2D eigenvalue weighted by Gasteiger charge is -2.16. The van der Waals surface area contributed by atoms with Gasteiger partial charge in [0.2, 0.25) is 5.95 Å². The maximum atomic E-state index is 4.62. The maximum Gasteiger partial charge on any atom is 0.226 e. The minimum absolute atomic E-state index is 0. The molecule has 0 aliphatic heterocycles. The molecule has 0 spiro atoms. The first kappa shape index (κ1) is 17.8. The van der Waals surface area contributed by atoms with Crippen LogP contribution in [0.2, 0.25) is 0 Å². The zero-order valence-corrected chi connectivity index (χ0v) is 14.7. The van der Waals surface area contributed by atoms with Crippen molar-refractivity contribution in [2.45, 2.75) is 13.0 Å². The molecule has 0 amide bonds. The van der Waals surface area contributed by atoms with Crippen molar-refractivity contribution in [1.29, 1.82) is 0 Å². The van der Waals surface area contributed by atoms with Crippen LogP contribution in [0, 0.1) is 0 Å². The maximum absolute atomic E-state index is 4.62. The number of anilines is 2. The number of aromatic nitrogens is 3. The van der Waals surface area contributed by atoms with Crippen LogP contribution in [0.25, 0.3) is 11.0 Å². The molecule has 2 heterocycles. The second-order valence-electron chi connectivity index (χ2n) is 5.51. The summed E-state index contributed by atoms with van der Waals surface area (Å²) in [6, 6.07) is 12.5. The zero-order valence-electron chi connectivity index (χ0n) is 13.9. The monoisotopic (exact) mass is 343 g/mol. The third kappa shape index (κ3) is 3.68. The molecule has 1 atom stereocenters. The predicted molar refractivity (Wildman–Crippen MR) is 103 cm³/mol. The summed E-state index contributed by atoms with van der Waals surface area (Å²) in [6.45, 7) is 6.47. The summed E-state index contributed by atoms with van der Waals surface area (Å²) in [6.07, 6.45) is 3.78. The van der Waals surface area contributed by atoms with Crippen LogP contribution in [0.3, 0.4) is 0 Å². The van der Waals surface area contributed by atoms with E-state index in [1.54, 1.807) is 6.08 Å². The van der Waals surface area contributed by atoms with Gasteiger partial charge in [0.05, 0.1) is 5.39 Å². The molecule has 1 aromatic carbocycles. The van der Waals surface area contributed by atoms with Gasteiger partial charge >= 0.3 is 0 Å². The molecule has 0 saturated heterocycles. The van der Waals surface area contributed by atoms with E-state index in [0.29, 0.717) is 12.5 Å². The number of nitrogens with zero attached hydrogens (tertiary/aromatic N) is 3. The summed E-state index contributed by atoms with van der Waals surface area (Å²) >= 11 is 0. The van der Waals surface area contributed by atoms with Crippen LogP contribution in [0.15, 0.2) is 55.3 Å². The highest BCUT2D eigenvalue weighted by atomic mass is 35.5. The average molecular weight is 344 g/mol. The Morgan fingerprint density at radius 1 is 1.21 bits per heavy atom. The van der Waals surface area contributed by atoms with E-state index in [0.717, 1.165) is 16.9 Å². The fourth-order valence-corrected chi connectivity index (χ4v) is 2.52. The number of hydrogen-bond acceptors (Lipinski definition) is 4. The lowest BCUT2D eigenvalue weighted by atomic mass is 10.1. The summed E-state index contributed by atoms with van der Waals surface area (Å²) in [5.74, 6) is 1.43. The highest BCUT2D eigenvalue weighted by molar-refractivity contribution is 5.88. The van der Waals surface area contributed by atoms with Gasteiger partial charge in [0, 0.05) is 25.8 Å². The number of aryl methyl sites for hydroxylation is 1. The lowest BCUT2D eigenvalue weighted by Crippen LogP contribution is -2.11. The van der Waals surface area contributed by atoms with Crippen molar-refractivity contribution in [3.05, 3.63) is 60.8 Å². The molecule has 2 aromatic heterocycles. The fraction of sp³-hybridized carbons (Fsp3) is 0.222. The molecule has 6 heteroatoms. The van der Waals surface area contributed by atoms with E-state index in [2.05, 4.69) is 46.2 Å². The normalized spacial score (nSPS) is 11.6. The molecule has 0 fully saturated rings. The average Bonchev–Trinajstić information content (AvgIpc) is 2.95. The first-order chi connectivity index (χ1) is 11.2. The van der Waals surface area contributed by atoms with Crippen molar-refractivity contribution in [3.8, 4) is 0 Å². The smallest absolute Gasteiger partial charge is 0.226 e. The zero-order chi connectivity index (χ0) is 16.2. The van der Waals surface area contributed by atoms with Gasteiger partial charge in [0.15, 0.2) is 0 Å². The molecule has 5 nitrogen and oxygen atoms in total. The van der Waals surface area contributed by atoms with Gasteiger partial charge in [-0.25, -0.2) is 0 Å². The van der Waals surface area contributed by atoms with Crippen LogP contribution in [-0.2, 0) is 7.05 Å². The Labute approximate surface area is 148 Å². The first-order valence-corrected chi connectivity index (χ1v) is 7.68. The van der Waals surface area contributed by atoms with Gasteiger partial charge in [0.1, 0.15) is 11.5 Å². The van der Waals surface area contributed by atoms with Gasteiger partial charge in [-0.05, 0) is 18.6 Å². The van der Waals surface area contributed by atoms with Gasteiger partial charge in [-0.1, -0.05) is 36.4 Å². The summed E-state index contributed by atoms with van der Waals surface area (Å²) < 4.78 is 1.99. The standard InChI is InChI=1S/C18H21N5.ClH/c1-4-11-19-18-21-16(15-10-12-23(3)17(15)22-18)20-13(2)14-8-6-5-7-9-14;/h4-10,12-13H,1,11H2,2-3H3,(H2,19,20,21,22);1H. The number of nitrogens with one attached hydrogen (secondary N) is 2. The molecule has 0 saturated carbocycles. The van der Waals surface area contributed by atoms with Gasteiger partial charge in [-0.3, -0.25) is 0 Å². The molecule has 0 aliphatic rings. The Morgan fingerprint density at radius 3 is 2.67 bits per heavy atom. The van der Waals surface area contributed by atoms with Crippen molar-refractivity contribution in [1.82, 2.24) is 14.5 Å². The van der Waals surface area contributed by atoms with Crippen LogP contribution < -0.4 is 10.6 Å². The van der Waals surface area contributed by atoms with E-state index in [4.69, 9.17) is 0 Å². The first-order valence-electron chi connectivity index (χ1n) is 7.68. The SMILES string of the molecule is C=CCNc1nc(NC(C)c2ccccc2)c2ccn(C)c2n1.Cl. The Hall–Kier alpha value is -2.53. The minimum Gasteiger partial charge on any atom is -0.363 e. The van der Waals surface area contributed by atoms with Crippen molar-refractivity contribution in [3.63, 3.8) is 0 Å². The number of hydrogen-bond donors (Lipinski definition) is 2. The predicted octanol–water partition coefficient (Wildman–Crippen LogP) is 4.16. The Kier molecular flexibility index (Phi) is 5.82. The van der Waals surface area contributed by atoms with Gasteiger partial charge < -0.3 is 15.2 Å². The van der Waals surface area contributed by atoms with Crippen LogP contribution in [0.5, 0.6) is 0 Å². The molecular weight excluding hydrogens is 322 g/mol. The number of rotatable bonds is 6. The van der Waals surface area contributed by atoms with E-state index in [1.165, 1.54) is 5.56 Å². The molecule has 2 N–H and O–H groups in total. The topological polar surface area (TPSA) is 54.8 Å². The number of fused-ring (bicyclic) bond motifs is 1. The van der Waals surface area contributed by atoms with Gasteiger partial charge in [-0.15, -0.1) is 19.0 Å². The van der Waals surface area contributed by atoms with Crippen LogP contribution in [0.1, 0.15) is 18.5 Å². The molecular formula is C18H22ClN5. The van der Waals surface area contributed by atoms with E-state index in [-0.39, 0.29) is 18.4 Å². The second-order valence-corrected chi connectivity index (χ2v) is 5.51. The Balaban J connectivity index is 0.00000208. The second kappa shape index (κ2) is 7.84. The Bertz CT molecular complexity index is 813. The van der Waals surface area contributed by atoms with Gasteiger partial charge in [-0.2, -0.15) is 9.97 Å². The number of benzene rings is 1. The quantitative estimate of drug-likeness (QED) is 0.660. The van der Waals surface area contributed by atoms with Crippen molar-refractivity contribution in [2.24, 2.45) is 7.05 Å². The van der Waals surface area contributed by atoms with Crippen molar-refractivity contribution < 1.29 is 0 Å². The van der Waals surface area contributed by atoms with E-state index < -0.39 is 0 Å². The Morgan fingerprint density at radius 2 is 1.96 bits per heavy atom. The minimum atomic E-state index is 0. The van der Waals surface area contributed by atoms with Crippen LogP contribution in [-0.4, -0.2) is 21.1 Å². The lowest BCUT2D eigenvalue weighted by molar-refractivity contribution is 0.874. The summed E-state index contributed by atoms with van der Waals surface area (Å²) in [4.78, 5) is 9.19. The van der Waals surface area contributed by atoms with E-state index in [9.17, 15) is 0 Å². The van der Waals surface area contributed by atoms with E-state index >= 15 is 0 Å². The van der Waals surface area contributed by atoms with Crippen LogP contribution in [0.4, 0.5) is 11.8 Å². The number of halogens is 1. The molecule has 3 rings (SSSR count). The van der Waals surface area contributed by atoms with Crippen molar-refractivity contribution >= 4 is 35.2 Å². The molecule has 0 radical (unpaired) electrons. The molecule has 0 bridgehead atoms. The molecule has 0 aliphatic carbocycles. The van der Waals surface area contributed by atoms with Crippen molar-refractivity contribution in [2.75, 3.05) is 17.2 Å². The highest BCUT2D eigenvalue weighted by Crippen LogP contribution is 2.26.